The number of carbonyl (C=O) groups excluding carboxylic acids is 1. The Labute approximate surface area is 60.9 Å². The number of carbonyl (C=O) groups is 1. The van der Waals surface area contributed by atoms with Crippen LogP contribution >= 0.6 is 0 Å². The molecule has 1 rings (SSSR count). The van der Waals surface area contributed by atoms with Gasteiger partial charge >= 0.3 is 5.97 Å². The number of esters is 1. The third kappa shape index (κ3) is 1.87. The normalized spacial score (nSPS) is 24.4. The first-order valence-electron chi connectivity index (χ1n) is 3.63. The van der Waals surface area contributed by atoms with E-state index in [-0.39, 0.29) is 12.1 Å². The Morgan fingerprint density at radius 2 is 2.60 bits per heavy atom. The van der Waals surface area contributed by atoms with Crippen LogP contribution in [0.25, 0.3) is 0 Å². The van der Waals surface area contributed by atoms with Crippen molar-refractivity contribution in [3.05, 3.63) is 12.7 Å². The molecule has 2 nitrogen and oxygen atoms in total. The largest absolute Gasteiger partial charge is 0.462 e. The molecule has 0 aromatic rings. The van der Waals surface area contributed by atoms with Crippen LogP contribution < -0.4 is 0 Å². The first kappa shape index (κ1) is 7.32. The molecule has 0 spiro atoms. The van der Waals surface area contributed by atoms with Crippen LogP contribution in [-0.2, 0) is 9.53 Å². The number of allylic oxidation sites excluding steroid dienone is 1. The predicted octanol–water partition coefficient (Wildman–Crippen LogP) is 1.66. The van der Waals surface area contributed by atoms with Gasteiger partial charge in [-0.1, -0.05) is 6.08 Å². The van der Waals surface area contributed by atoms with Gasteiger partial charge in [0, 0.05) is 6.42 Å². The van der Waals surface area contributed by atoms with Gasteiger partial charge in [0.15, 0.2) is 0 Å². The van der Waals surface area contributed by atoms with Crippen LogP contribution in [0.5, 0.6) is 0 Å². The Kier molecular flexibility index (Phi) is 2.49. The third-order valence-electron chi connectivity index (χ3n) is 1.66. The van der Waals surface area contributed by atoms with Crippen LogP contribution in [0.1, 0.15) is 25.7 Å². The maximum Gasteiger partial charge on any atom is 0.306 e. The number of hydrogen-bond acceptors (Lipinski definition) is 2. The molecule has 10 heavy (non-hydrogen) atoms. The molecule has 0 aromatic carbocycles. The maximum absolute atomic E-state index is 10.6. The summed E-state index contributed by atoms with van der Waals surface area (Å²) >= 11 is 0. The van der Waals surface area contributed by atoms with Crippen molar-refractivity contribution >= 4 is 5.97 Å². The van der Waals surface area contributed by atoms with Crippen LogP contribution in [0.4, 0.5) is 0 Å². The summed E-state index contributed by atoms with van der Waals surface area (Å²) in [6, 6.07) is 0. The highest BCUT2D eigenvalue weighted by molar-refractivity contribution is 5.71. The number of ether oxygens (including phenoxy) is 1. The molecular weight excluding hydrogens is 128 g/mol. The molecular formula is C8H12O2. The van der Waals surface area contributed by atoms with Crippen molar-refractivity contribution < 1.29 is 9.53 Å². The van der Waals surface area contributed by atoms with Gasteiger partial charge in [-0.3, -0.25) is 4.79 Å². The molecule has 0 unspecified atom stereocenters. The van der Waals surface area contributed by atoms with Gasteiger partial charge < -0.3 is 4.74 Å². The van der Waals surface area contributed by atoms with E-state index in [0.717, 1.165) is 19.3 Å². The van der Waals surface area contributed by atoms with E-state index in [1.807, 2.05) is 6.08 Å². The number of hydrogen-bond donors (Lipinski definition) is 0. The molecule has 0 aliphatic carbocycles. The van der Waals surface area contributed by atoms with Crippen LogP contribution in [0, 0.1) is 0 Å². The van der Waals surface area contributed by atoms with Gasteiger partial charge in [0.25, 0.3) is 0 Å². The third-order valence-corrected chi connectivity index (χ3v) is 1.66. The predicted molar refractivity (Wildman–Crippen MR) is 38.5 cm³/mol. The van der Waals surface area contributed by atoms with Crippen LogP contribution in [0.2, 0.25) is 0 Å². The van der Waals surface area contributed by atoms with E-state index in [1.54, 1.807) is 0 Å². The van der Waals surface area contributed by atoms with E-state index in [9.17, 15) is 4.79 Å². The lowest BCUT2D eigenvalue weighted by Crippen LogP contribution is -2.05. The van der Waals surface area contributed by atoms with E-state index in [4.69, 9.17) is 4.74 Å². The lowest BCUT2D eigenvalue weighted by Gasteiger charge is -2.05. The minimum absolute atomic E-state index is 0.0472. The molecule has 1 aliphatic heterocycles. The molecule has 0 bridgehead atoms. The second-order valence-electron chi connectivity index (χ2n) is 2.52. The molecule has 0 aromatic heterocycles. The van der Waals surface area contributed by atoms with Crippen molar-refractivity contribution in [2.24, 2.45) is 0 Å². The van der Waals surface area contributed by atoms with Crippen molar-refractivity contribution in [2.75, 3.05) is 0 Å². The van der Waals surface area contributed by atoms with Gasteiger partial charge in [-0.15, -0.1) is 6.58 Å². The molecule has 56 valence electrons. The fourth-order valence-corrected chi connectivity index (χ4v) is 1.09. The summed E-state index contributed by atoms with van der Waals surface area (Å²) in [5.74, 6) is -0.0472. The van der Waals surface area contributed by atoms with Crippen molar-refractivity contribution in [3.63, 3.8) is 0 Å². The minimum atomic E-state index is -0.0472. The average molecular weight is 140 g/mol. The summed E-state index contributed by atoms with van der Waals surface area (Å²) in [6.07, 6.45) is 5.40. The molecule has 0 radical (unpaired) electrons. The fraction of sp³-hybridized carbons (Fsp3) is 0.625. The highest BCUT2D eigenvalue weighted by atomic mass is 16.5. The zero-order chi connectivity index (χ0) is 7.40. The van der Waals surface area contributed by atoms with E-state index in [2.05, 4.69) is 6.58 Å². The van der Waals surface area contributed by atoms with E-state index >= 15 is 0 Å². The maximum atomic E-state index is 10.6. The first-order chi connectivity index (χ1) is 4.83. The molecule has 1 heterocycles. The van der Waals surface area contributed by atoms with Gasteiger partial charge in [-0.05, 0) is 19.3 Å². The Hall–Kier alpha value is -0.790. The van der Waals surface area contributed by atoms with Crippen molar-refractivity contribution in [1.82, 2.24) is 0 Å². The van der Waals surface area contributed by atoms with E-state index in [1.165, 1.54) is 0 Å². The summed E-state index contributed by atoms with van der Waals surface area (Å²) in [7, 11) is 0. The quantitative estimate of drug-likeness (QED) is 0.440. The van der Waals surface area contributed by atoms with Gasteiger partial charge in [0.1, 0.15) is 6.10 Å². The summed E-state index contributed by atoms with van der Waals surface area (Å²) in [5.41, 5.74) is 0. The van der Waals surface area contributed by atoms with Crippen LogP contribution in [0.3, 0.4) is 0 Å². The lowest BCUT2D eigenvalue weighted by molar-refractivity contribution is -0.141. The highest BCUT2D eigenvalue weighted by Crippen LogP contribution is 2.17. The smallest absolute Gasteiger partial charge is 0.306 e. The molecule has 0 N–H and O–H groups in total. The molecule has 0 saturated carbocycles. The molecule has 1 saturated heterocycles. The Morgan fingerprint density at radius 3 is 3.10 bits per heavy atom. The van der Waals surface area contributed by atoms with Crippen LogP contribution in [0.15, 0.2) is 12.7 Å². The van der Waals surface area contributed by atoms with E-state index in [0.29, 0.717) is 6.42 Å². The Morgan fingerprint density at radius 1 is 1.80 bits per heavy atom. The summed E-state index contributed by atoms with van der Waals surface area (Å²) in [5, 5.41) is 0. The number of cyclic esters (lactones) is 1. The average Bonchev–Trinajstić information content (AvgIpc) is 2.31. The summed E-state index contributed by atoms with van der Waals surface area (Å²) < 4.78 is 4.98. The monoisotopic (exact) mass is 140 g/mol. The molecule has 1 atom stereocenters. The second kappa shape index (κ2) is 3.40. The standard InChI is InChI=1S/C8H12O2/c1-2-3-4-7-5-6-8(9)10-7/h2,7H,1,3-6H2/t7-/m1/s1. The van der Waals surface area contributed by atoms with Gasteiger partial charge in [0.2, 0.25) is 0 Å². The lowest BCUT2D eigenvalue weighted by atomic mass is 10.1. The minimum Gasteiger partial charge on any atom is -0.462 e. The summed E-state index contributed by atoms with van der Waals surface area (Å²) in [4.78, 5) is 10.6. The van der Waals surface area contributed by atoms with Gasteiger partial charge in [0.05, 0.1) is 0 Å². The Bertz CT molecular complexity index is 140. The van der Waals surface area contributed by atoms with Gasteiger partial charge in [-0.2, -0.15) is 0 Å². The fourth-order valence-electron chi connectivity index (χ4n) is 1.09. The van der Waals surface area contributed by atoms with Gasteiger partial charge in [-0.25, -0.2) is 0 Å². The SMILES string of the molecule is C=CCC[C@@H]1CCC(=O)O1. The zero-order valence-electron chi connectivity index (χ0n) is 6.01. The molecule has 2 heteroatoms. The van der Waals surface area contributed by atoms with E-state index < -0.39 is 0 Å². The van der Waals surface area contributed by atoms with Crippen molar-refractivity contribution in [3.8, 4) is 0 Å². The van der Waals surface area contributed by atoms with Crippen molar-refractivity contribution in [2.45, 2.75) is 31.8 Å². The molecule has 0 amide bonds. The summed E-state index contributed by atoms with van der Waals surface area (Å²) in [6.45, 7) is 3.60. The zero-order valence-corrected chi connectivity index (χ0v) is 6.01. The first-order valence-corrected chi connectivity index (χ1v) is 3.63. The second-order valence-corrected chi connectivity index (χ2v) is 2.52. The highest BCUT2D eigenvalue weighted by Gasteiger charge is 2.21. The van der Waals surface area contributed by atoms with Crippen LogP contribution in [-0.4, -0.2) is 12.1 Å². The molecule has 1 aliphatic rings. The topological polar surface area (TPSA) is 26.3 Å². The molecule has 1 fully saturated rings. The van der Waals surface area contributed by atoms with Crippen molar-refractivity contribution in [1.29, 1.82) is 0 Å². The Balaban J connectivity index is 2.18. The number of rotatable bonds is 3.